The van der Waals surface area contributed by atoms with Crippen molar-refractivity contribution in [1.82, 2.24) is 19.8 Å². The Kier molecular flexibility index (Phi) is 10.6. The molecule has 262 valence electrons. The van der Waals surface area contributed by atoms with E-state index in [-0.39, 0.29) is 12.2 Å². The topological polar surface area (TPSA) is 155 Å². The summed E-state index contributed by atoms with van der Waals surface area (Å²) in [4.78, 5) is 36.2. The van der Waals surface area contributed by atoms with Crippen LogP contribution < -0.4 is 20.9 Å². The second-order valence-electron chi connectivity index (χ2n) is 15.0. The van der Waals surface area contributed by atoms with Crippen LogP contribution in [0.25, 0.3) is 5.57 Å². The van der Waals surface area contributed by atoms with E-state index in [1.54, 1.807) is 22.1 Å². The van der Waals surface area contributed by atoms with Gasteiger partial charge in [0, 0.05) is 61.8 Å². The highest BCUT2D eigenvalue weighted by atomic mass is 16.6. The third-order valence-electron chi connectivity index (χ3n) is 8.23. The SMILES string of the molecule is CC(C)(C)OC(=O)N1CC=C(c2cnc(N)cc2OC2CC2)CC1.CC(C)(C)OC(=O)N1CCC(c2cnc(N)cc2OC2CC2)CC1. The molecule has 2 aromatic rings. The van der Waals surface area contributed by atoms with Gasteiger partial charge < -0.3 is 40.2 Å². The summed E-state index contributed by atoms with van der Waals surface area (Å²) in [5.41, 5.74) is 13.9. The Hall–Kier alpha value is -4.22. The van der Waals surface area contributed by atoms with Gasteiger partial charge in [0.15, 0.2) is 0 Å². The number of aromatic nitrogens is 2. The number of carbonyl (C=O) groups excluding carboxylic acids is 2. The van der Waals surface area contributed by atoms with Gasteiger partial charge in [-0.3, -0.25) is 0 Å². The van der Waals surface area contributed by atoms with Crippen LogP contribution in [0, 0.1) is 0 Å². The smallest absolute Gasteiger partial charge is 0.410 e. The van der Waals surface area contributed by atoms with Crippen molar-refractivity contribution in [1.29, 1.82) is 0 Å². The van der Waals surface area contributed by atoms with Crippen LogP contribution in [0.5, 0.6) is 11.5 Å². The molecule has 2 amide bonds. The Morgan fingerprint density at radius 2 is 1.25 bits per heavy atom. The zero-order valence-electron chi connectivity index (χ0n) is 29.3. The number of amides is 2. The minimum atomic E-state index is -0.479. The van der Waals surface area contributed by atoms with Crippen LogP contribution in [-0.2, 0) is 9.47 Å². The summed E-state index contributed by atoms with van der Waals surface area (Å²) >= 11 is 0. The molecule has 0 unspecified atom stereocenters. The van der Waals surface area contributed by atoms with E-state index in [2.05, 4.69) is 9.97 Å². The minimum absolute atomic E-state index is 0.231. The van der Waals surface area contributed by atoms with Gasteiger partial charge >= 0.3 is 12.2 Å². The average Bonchev–Trinajstić information content (AvgIpc) is 3.94. The van der Waals surface area contributed by atoms with Crippen molar-refractivity contribution in [3.05, 3.63) is 41.7 Å². The fourth-order valence-electron chi connectivity index (χ4n) is 5.50. The first kappa shape index (κ1) is 35.1. The highest BCUT2D eigenvalue weighted by Crippen LogP contribution is 2.38. The van der Waals surface area contributed by atoms with Gasteiger partial charge in [-0.25, -0.2) is 19.6 Å². The standard InChI is InChI=1S/C18H27N3O3.C18H25N3O3/c2*1-18(2,3)24-17(22)21-8-6-12(7-9-21)14-11-20-16(19)10-15(14)23-13-4-5-13/h10-13H,4-9H2,1-3H3,(H2,19,20);6,10-11,13H,4-5,7-9H2,1-3H3,(H2,19,20). The van der Waals surface area contributed by atoms with E-state index in [9.17, 15) is 9.59 Å². The molecule has 4 heterocycles. The lowest BCUT2D eigenvalue weighted by Crippen LogP contribution is -2.41. The fourth-order valence-corrected chi connectivity index (χ4v) is 5.50. The first-order valence-electron chi connectivity index (χ1n) is 17.1. The van der Waals surface area contributed by atoms with Crippen LogP contribution in [0.3, 0.4) is 0 Å². The van der Waals surface area contributed by atoms with Crippen LogP contribution in [-0.4, -0.2) is 81.5 Å². The Balaban J connectivity index is 0.000000188. The number of ether oxygens (including phenoxy) is 4. The Labute approximate surface area is 284 Å². The van der Waals surface area contributed by atoms with Crippen LogP contribution in [0.15, 0.2) is 30.6 Å². The number of rotatable bonds is 6. The van der Waals surface area contributed by atoms with Gasteiger partial charge in [-0.15, -0.1) is 0 Å². The summed E-state index contributed by atoms with van der Waals surface area (Å²) in [6, 6.07) is 3.61. The largest absolute Gasteiger partial charge is 0.490 e. The first-order valence-corrected chi connectivity index (χ1v) is 17.1. The van der Waals surface area contributed by atoms with Gasteiger partial charge in [0.05, 0.1) is 12.2 Å². The molecule has 0 atom stereocenters. The number of likely N-dealkylation sites (tertiary alicyclic amines) is 1. The van der Waals surface area contributed by atoms with Crippen molar-refractivity contribution < 1.29 is 28.5 Å². The molecule has 2 saturated carbocycles. The molecule has 0 spiro atoms. The zero-order chi connectivity index (χ0) is 34.6. The number of nitrogen functional groups attached to an aromatic ring is 2. The lowest BCUT2D eigenvalue weighted by atomic mass is 9.90. The molecular weight excluding hydrogens is 612 g/mol. The summed E-state index contributed by atoms with van der Waals surface area (Å²) in [6.07, 6.45) is 12.7. The predicted molar refractivity (Wildman–Crippen MR) is 185 cm³/mol. The zero-order valence-corrected chi connectivity index (χ0v) is 29.3. The van der Waals surface area contributed by atoms with Crippen LogP contribution in [0.2, 0.25) is 0 Å². The molecule has 0 aromatic carbocycles. The summed E-state index contributed by atoms with van der Waals surface area (Å²) in [6.45, 7) is 13.8. The average molecular weight is 665 g/mol. The lowest BCUT2D eigenvalue weighted by Gasteiger charge is -2.34. The van der Waals surface area contributed by atoms with E-state index in [0.717, 1.165) is 73.1 Å². The maximum atomic E-state index is 12.2. The van der Waals surface area contributed by atoms with E-state index in [4.69, 9.17) is 30.4 Å². The van der Waals surface area contributed by atoms with Crippen molar-refractivity contribution in [2.24, 2.45) is 0 Å². The molecule has 2 aliphatic carbocycles. The summed E-state index contributed by atoms with van der Waals surface area (Å²) in [5.74, 6) is 2.94. The van der Waals surface area contributed by atoms with Crippen molar-refractivity contribution >= 4 is 29.4 Å². The highest BCUT2D eigenvalue weighted by molar-refractivity contribution is 5.75. The number of hydrogen-bond donors (Lipinski definition) is 2. The Morgan fingerprint density at radius 1 is 0.729 bits per heavy atom. The molecule has 12 nitrogen and oxygen atoms in total. The van der Waals surface area contributed by atoms with Gasteiger partial charge in [0.1, 0.15) is 34.3 Å². The predicted octanol–water partition coefficient (Wildman–Crippen LogP) is 6.55. The quantitative estimate of drug-likeness (QED) is 0.347. The van der Waals surface area contributed by atoms with E-state index >= 15 is 0 Å². The van der Waals surface area contributed by atoms with Gasteiger partial charge in [-0.05, 0) is 98.0 Å². The minimum Gasteiger partial charge on any atom is -0.490 e. The number of pyridine rings is 2. The molecule has 0 radical (unpaired) electrons. The summed E-state index contributed by atoms with van der Waals surface area (Å²) < 4.78 is 22.8. The number of anilines is 2. The molecule has 1 saturated heterocycles. The number of carbonyl (C=O) groups is 2. The molecule has 3 fully saturated rings. The number of hydrogen-bond acceptors (Lipinski definition) is 10. The molecular formula is C36H52N6O6. The Morgan fingerprint density at radius 3 is 1.77 bits per heavy atom. The van der Waals surface area contributed by atoms with E-state index in [1.807, 2.05) is 59.9 Å². The molecule has 4 N–H and O–H groups in total. The van der Waals surface area contributed by atoms with Gasteiger partial charge in [0.2, 0.25) is 0 Å². The van der Waals surface area contributed by atoms with E-state index < -0.39 is 11.2 Å². The van der Waals surface area contributed by atoms with Crippen LogP contribution >= 0.6 is 0 Å². The number of nitrogens with two attached hydrogens (primary N) is 2. The van der Waals surface area contributed by atoms with Crippen LogP contribution in [0.4, 0.5) is 21.2 Å². The maximum Gasteiger partial charge on any atom is 0.410 e. The summed E-state index contributed by atoms with van der Waals surface area (Å²) in [5, 5.41) is 0. The second kappa shape index (κ2) is 14.5. The van der Waals surface area contributed by atoms with Gasteiger partial charge in [0.25, 0.3) is 0 Å². The lowest BCUT2D eigenvalue weighted by molar-refractivity contribution is 0.0202. The van der Waals surface area contributed by atoms with E-state index in [1.165, 1.54) is 0 Å². The third-order valence-corrected chi connectivity index (χ3v) is 8.23. The fraction of sp³-hybridized carbons (Fsp3) is 0.611. The van der Waals surface area contributed by atoms with Crippen molar-refractivity contribution in [3.63, 3.8) is 0 Å². The first-order chi connectivity index (χ1) is 22.6. The van der Waals surface area contributed by atoms with Gasteiger partial charge in [-0.1, -0.05) is 6.08 Å². The molecule has 12 heteroatoms. The van der Waals surface area contributed by atoms with Crippen LogP contribution in [0.1, 0.15) is 104 Å². The third kappa shape index (κ3) is 10.4. The Bertz CT molecular complexity index is 1480. The van der Waals surface area contributed by atoms with Crippen molar-refractivity contribution in [3.8, 4) is 11.5 Å². The second-order valence-corrected chi connectivity index (χ2v) is 15.0. The van der Waals surface area contributed by atoms with Crippen molar-refractivity contribution in [2.45, 2.75) is 116 Å². The maximum absolute atomic E-state index is 12.2. The number of nitrogens with zero attached hydrogens (tertiary/aromatic N) is 4. The molecule has 6 rings (SSSR count). The molecule has 2 aromatic heterocycles. The van der Waals surface area contributed by atoms with Crippen molar-refractivity contribution in [2.75, 3.05) is 37.6 Å². The molecule has 4 aliphatic rings. The van der Waals surface area contributed by atoms with E-state index in [0.29, 0.717) is 55.9 Å². The monoisotopic (exact) mass is 664 g/mol. The molecule has 0 bridgehead atoms. The molecule has 48 heavy (non-hydrogen) atoms. The highest BCUT2D eigenvalue weighted by Gasteiger charge is 2.31. The molecule has 2 aliphatic heterocycles. The van der Waals surface area contributed by atoms with Gasteiger partial charge in [-0.2, -0.15) is 0 Å². The summed E-state index contributed by atoms with van der Waals surface area (Å²) in [7, 11) is 0. The normalized spacial score (nSPS) is 18.7. The number of piperidine rings is 1.